The number of hydrogen-bond donors (Lipinski definition) is 1. The van der Waals surface area contributed by atoms with E-state index in [1.807, 2.05) is 12.1 Å². The molecule has 0 saturated heterocycles. The second kappa shape index (κ2) is 6.51. The number of anilines is 1. The number of halogens is 3. The van der Waals surface area contributed by atoms with Gasteiger partial charge >= 0.3 is 0 Å². The van der Waals surface area contributed by atoms with Crippen molar-refractivity contribution in [2.45, 2.75) is 25.0 Å². The van der Waals surface area contributed by atoms with Gasteiger partial charge in [-0.15, -0.1) is 0 Å². The lowest BCUT2D eigenvalue weighted by atomic mass is 10.2. The summed E-state index contributed by atoms with van der Waals surface area (Å²) < 4.78 is 0.796. The Bertz CT molecular complexity index is 479. The molecule has 0 fully saturated rings. The highest BCUT2D eigenvalue weighted by atomic mass is 79.9. The molecule has 6 heteroatoms. The minimum absolute atomic E-state index is 0.522. The zero-order chi connectivity index (χ0) is 13.1. The van der Waals surface area contributed by atoms with Crippen molar-refractivity contribution in [2.75, 3.05) is 11.9 Å². The van der Waals surface area contributed by atoms with E-state index in [2.05, 4.69) is 33.2 Å². The molecule has 1 aliphatic rings. The van der Waals surface area contributed by atoms with Gasteiger partial charge in [0, 0.05) is 9.72 Å². The summed E-state index contributed by atoms with van der Waals surface area (Å²) in [5.41, 5.74) is 0.799. The van der Waals surface area contributed by atoms with Crippen molar-refractivity contribution >= 4 is 61.7 Å². The van der Waals surface area contributed by atoms with Crippen LogP contribution in [0, 0.1) is 0 Å². The molecule has 2 rings (SSSR count). The van der Waals surface area contributed by atoms with Crippen molar-refractivity contribution in [3.05, 3.63) is 26.7 Å². The Kier molecular flexibility index (Phi) is 5.24. The number of benzene rings is 1. The van der Waals surface area contributed by atoms with E-state index in [1.165, 1.54) is 12.8 Å². The molecule has 0 aromatic heterocycles. The van der Waals surface area contributed by atoms with Crippen molar-refractivity contribution in [1.29, 1.82) is 0 Å². The number of nitrogens with one attached hydrogen (secondary N) is 1. The van der Waals surface area contributed by atoms with Gasteiger partial charge in [-0.3, -0.25) is 4.99 Å². The summed E-state index contributed by atoms with van der Waals surface area (Å²) in [4.78, 5) is 4.48. The normalized spacial score (nSPS) is 18.9. The smallest absolute Gasteiger partial charge is 0.161 e. The Hall–Kier alpha value is 0.1000. The van der Waals surface area contributed by atoms with Crippen molar-refractivity contribution in [1.82, 2.24) is 0 Å². The van der Waals surface area contributed by atoms with E-state index in [4.69, 9.17) is 23.2 Å². The third kappa shape index (κ3) is 3.35. The molecule has 2 nitrogen and oxygen atoms in total. The molecule has 1 aliphatic heterocycles. The van der Waals surface area contributed by atoms with Crippen LogP contribution in [0.3, 0.4) is 0 Å². The molecule has 1 atom stereocenters. The Morgan fingerprint density at radius 1 is 1.44 bits per heavy atom. The lowest BCUT2D eigenvalue weighted by molar-refractivity contribution is 0.754. The van der Waals surface area contributed by atoms with Crippen LogP contribution in [0.25, 0.3) is 0 Å². The lowest BCUT2D eigenvalue weighted by Crippen LogP contribution is -2.07. The molecular weight excluding hydrogens is 355 g/mol. The van der Waals surface area contributed by atoms with Gasteiger partial charge in [-0.25, -0.2) is 0 Å². The van der Waals surface area contributed by atoms with E-state index in [0.717, 1.165) is 21.9 Å². The molecule has 1 aromatic rings. The van der Waals surface area contributed by atoms with Crippen molar-refractivity contribution in [3.63, 3.8) is 0 Å². The van der Waals surface area contributed by atoms with Crippen molar-refractivity contribution in [3.8, 4) is 0 Å². The van der Waals surface area contributed by atoms with Crippen molar-refractivity contribution in [2.24, 2.45) is 4.99 Å². The zero-order valence-electron chi connectivity index (χ0n) is 9.84. The summed E-state index contributed by atoms with van der Waals surface area (Å²) in [5.74, 6) is 0. The third-order valence-corrected chi connectivity index (χ3v) is 5.55. The fraction of sp³-hybridized carbons (Fsp3) is 0.417. The van der Waals surface area contributed by atoms with E-state index in [1.54, 1.807) is 11.8 Å². The third-order valence-electron chi connectivity index (χ3n) is 2.60. The minimum Gasteiger partial charge on any atom is -0.334 e. The van der Waals surface area contributed by atoms with E-state index in [-0.39, 0.29) is 0 Å². The topological polar surface area (TPSA) is 24.4 Å². The van der Waals surface area contributed by atoms with Crippen LogP contribution in [-0.2, 0) is 0 Å². The van der Waals surface area contributed by atoms with E-state index >= 15 is 0 Å². The highest BCUT2D eigenvalue weighted by Gasteiger charge is 2.19. The SMILES string of the molecule is CCCC1CN=C(Nc2ccc(Br)c(Cl)c2Cl)S1. The standard InChI is InChI=1S/C12H13BrCl2N2S/c1-2-3-7-6-16-12(18-7)17-9-5-4-8(13)10(14)11(9)15/h4-5,7H,2-3,6H2,1H3,(H,16,17). The summed E-state index contributed by atoms with van der Waals surface area (Å²) in [6.07, 6.45) is 2.37. The van der Waals surface area contributed by atoms with Crippen LogP contribution in [0.15, 0.2) is 21.6 Å². The number of nitrogens with zero attached hydrogens (tertiary/aromatic N) is 1. The molecule has 1 aromatic carbocycles. The Morgan fingerprint density at radius 2 is 2.22 bits per heavy atom. The fourth-order valence-corrected chi connectivity index (χ4v) is 3.65. The number of rotatable bonds is 3. The van der Waals surface area contributed by atoms with Crippen LogP contribution in [0.1, 0.15) is 19.8 Å². The van der Waals surface area contributed by atoms with Gasteiger partial charge in [-0.2, -0.15) is 0 Å². The van der Waals surface area contributed by atoms with Crippen LogP contribution in [0.2, 0.25) is 10.0 Å². The summed E-state index contributed by atoms with van der Waals surface area (Å²) >= 11 is 17.4. The molecule has 1 unspecified atom stereocenters. The molecule has 0 radical (unpaired) electrons. The predicted octanol–water partition coefficient (Wildman–Crippen LogP) is 5.44. The minimum atomic E-state index is 0.522. The molecule has 0 saturated carbocycles. The lowest BCUT2D eigenvalue weighted by Gasteiger charge is -2.10. The number of aliphatic imine (C=N–C) groups is 1. The Morgan fingerprint density at radius 3 is 2.94 bits per heavy atom. The molecule has 0 aliphatic carbocycles. The maximum absolute atomic E-state index is 6.19. The van der Waals surface area contributed by atoms with E-state index < -0.39 is 0 Å². The number of amidine groups is 1. The van der Waals surface area contributed by atoms with Gasteiger partial charge in [-0.1, -0.05) is 48.3 Å². The van der Waals surface area contributed by atoms with Crippen LogP contribution in [0.4, 0.5) is 5.69 Å². The summed E-state index contributed by atoms with van der Waals surface area (Å²) in [6, 6.07) is 3.77. The summed E-state index contributed by atoms with van der Waals surface area (Å²) in [6.45, 7) is 3.07. The summed E-state index contributed by atoms with van der Waals surface area (Å²) in [5, 5.41) is 5.80. The van der Waals surface area contributed by atoms with Crippen LogP contribution in [0.5, 0.6) is 0 Å². The first-order valence-electron chi connectivity index (χ1n) is 5.73. The largest absolute Gasteiger partial charge is 0.334 e. The van der Waals surface area contributed by atoms with Gasteiger partial charge in [0.2, 0.25) is 0 Å². The highest BCUT2D eigenvalue weighted by Crippen LogP contribution is 2.37. The molecule has 0 amide bonds. The number of thioether (sulfide) groups is 1. The maximum atomic E-state index is 6.19. The Balaban J connectivity index is 2.05. The average molecular weight is 368 g/mol. The van der Waals surface area contributed by atoms with Gasteiger partial charge in [0.05, 0.1) is 22.3 Å². The average Bonchev–Trinajstić information content (AvgIpc) is 2.78. The number of hydrogen-bond acceptors (Lipinski definition) is 3. The molecule has 0 bridgehead atoms. The molecule has 0 spiro atoms. The predicted molar refractivity (Wildman–Crippen MR) is 86.4 cm³/mol. The molecule has 18 heavy (non-hydrogen) atoms. The Labute approximate surface area is 130 Å². The van der Waals surface area contributed by atoms with Crippen LogP contribution < -0.4 is 5.32 Å². The van der Waals surface area contributed by atoms with Gasteiger partial charge in [0.1, 0.15) is 0 Å². The zero-order valence-corrected chi connectivity index (χ0v) is 13.8. The fourth-order valence-electron chi connectivity index (χ4n) is 1.70. The first kappa shape index (κ1) is 14.5. The first-order chi connectivity index (χ1) is 8.61. The highest BCUT2D eigenvalue weighted by molar-refractivity contribution is 9.10. The quantitative estimate of drug-likeness (QED) is 0.719. The molecule has 1 heterocycles. The van der Waals surface area contributed by atoms with Crippen LogP contribution in [-0.4, -0.2) is 17.0 Å². The van der Waals surface area contributed by atoms with Gasteiger partial charge in [0.25, 0.3) is 0 Å². The van der Waals surface area contributed by atoms with E-state index in [0.29, 0.717) is 15.3 Å². The molecule has 98 valence electrons. The second-order valence-corrected chi connectivity index (χ2v) is 6.92. The van der Waals surface area contributed by atoms with Gasteiger partial charge in [0.15, 0.2) is 5.17 Å². The monoisotopic (exact) mass is 366 g/mol. The molecule has 1 N–H and O–H groups in total. The van der Waals surface area contributed by atoms with Crippen molar-refractivity contribution < 1.29 is 0 Å². The summed E-state index contributed by atoms with van der Waals surface area (Å²) in [7, 11) is 0. The van der Waals surface area contributed by atoms with E-state index in [9.17, 15) is 0 Å². The van der Waals surface area contributed by atoms with Gasteiger partial charge < -0.3 is 5.32 Å². The first-order valence-corrected chi connectivity index (χ1v) is 8.16. The van der Waals surface area contributed by atoms with Crippen LogP contribution >= 0.6 is 50.9 Å². The second-order valence-electron chi connectivity index (χ2n) is 4.02. The molecular formula is C12H13BrCl2N2S. The maximum Gasteiger partial charge on any atom is 0.161 e. The van der Waals surface area contributed by atoms with Gasteiger partial charge in [-0.05, 0) is 34.5 Å².